The maximum Gasteiger partial charge on any atom is 0.252 e. The van der Waals surface area contributed by atoms with Gasteiger partial charge in [-0.3, -0.25) is 9.69 Å². The van der Waals surface area contributed by atoms with Crippen molar-refractivity contribution in [2.75, 3.05) is 39.3 Å². The summed E-state index contributed by atoms with van der Waals surface area (Å²) >= 11 is 2.96. The van der Waals surface area contributed by atoms with Crippen molar-refractivity contribution < 1.29 is 13.2 Å². The molecule has 32 heavy (non-hydrogen) atoms. The van der Waals surface area contributed by atoms with Gasteiger partial charge < -0.3 is 4.90 Å². The van der Waals surface area contributed by atoms with Gasteiger partial charge in [-0.15, -0.1) is 22.7 Å². The topological polar surface area (TPSA) is 73.8 Å². The van der Waals surface area contributed by atoms with Gasteiger partial charge in [0.15, 0.2) is 0 Å². The Balaban J connectivity index is 1.14. The first kappa shape index (κ1) is 22.0. The third-order valence-electron chi connectivity index (χ3n) is 6.04. The highest BCUT2D eigenvalue weighted by atomic mass is 32.2. The van der Waals surface area contributed by atoms with Crippen molar-refractivity contribution >= 4 is 48.8 Å². The number of sulfonamides is 1. The fourth-order valence-corrected chi connectivity index (χ4v) is 8.27. The van der Waals surface area contributed by atoms with Crippen LogP contribution in [0.5, 0.6) is 0 Å². The Morgan fingerprint density at radius 2 is 1.69 bits per heavy atom. The molecule has 0 radical (unpaired) electrons. The van der Waals surface area contributed by atoms with Gasteiger partial charge in [-0.25, -0.2) is 13.4 Å². The number of thiazole rings is 1. The average Bonchev–Trinajstić information content (AvgIpc) is 3.55. The quantitative estimate of drug-likeness (QED) is 0.531. The Morgan fingerprint density at radius 1 is 0.938 bits per heavy atom. The molecule has 1 amide bonds. The van der Waals surface area contributed by atoms with Gasteiger partial charge in [0.1, 0.15) is 9.22 Å². The predicted octanol–water partition coefficient (Wildman–Crippen LogP) is 3.03. The first-order chi connectivity index (χ1) is 15.5. The van der Waals surface area contributed by atoms with Crippen LogP contribution in [0.25, 0.3) is 10.2 Å². The van der Waals surface area contributed by atoms with E-state index < -0.39 is 10.0 Å². The molecule has 0 aliphatic carbocycles. The van der Waals surface area contributed by atoms with Crippen molar-refractivity contribution in [1.82, 2.24) is 19.1 Å². The summed E-state index contributed by atoms with van der Waals surface area (Å²) < 4.78 is 28.5. The lowest BCUT2D eigenvalue weighted by molar-refractivity contribution is -0.132. The third kappa shape index (κ3) is 4.60. The molecule has 170 valence electrons. The molecular weight excluding hydrogens is 464 g/mol. The largest absolute Gasteiger partial charge is 0.340 e. The monoisotopic (exact) mass is 490 g/mol. The highest BCUT2D eigenvalue weighted by Gasteiger charge is 2.29. The van der Waals surface area contributed by atoms with E-state index in [0.717, 1.165) is 47.9 Å². The molecule has 2 aromatic heterocycles. The van der Waals surface area contributed by atoms with Crippen LogP contribution < -0.4 is 0 Å². The van der Waals surface area contributed by atoms with Crippen LogP contribution in [0.4, 0.5) is 0 Å². The minimum Gasteiger partial charge on any atom is -0.340 e. The van der Waals surface area contributed by atoms with Crippen LogP contribution in [-0.4, -0.2) is 72.7 Å². The fraction of sp³-hybridized carbons (Fsp3) is 0.455. The van der Waals surface area contributed by atoms with Crippen LogP contribution in [0.15, 0.2) is 40.6 Å². The first-order valence-corrected chi connectivity index (χ1v) is 14.0. The standard InChI is InChI=1S/C22H26N4O3S3/c27-21(15-17-7-8-22(30-17)32(28,29)26-9-3-4-10-26)25-13-11-24(12-14-25)16-20-23-18-5-1-2-6-19(18)31-20/h1-2,5-8H,3-4,9-16H2. The van der Waals surface area contributed by atoms with E-state index in [0.29, 0.717) is 30.4 Å². The Kier molecular flexibility index (Phi) is 6.31. The second-order valence-electron chi connectivity index (χ2n) is 8.24. The number of hydrogen-bond acceptors (Lipinski definition) is 7. The van der Waals surface area contributed by atoms with Gasteiger partial charge in [0, 0.05) is 44.1 Å². The highest BCUT2D eigenvalue weighted by molar-refractivity contribution is 7.91. The molecule has 0 atom stereocenters. The zero-order valence-corrected chi connectivity index (χ0v) is 20.2. The van der Waals surface area contributed by atoms with Gasteiger partial charge in [-0.1, -0.05) is 12.1 Å². The number of carbonyl (C=O) groups is 1. The van der Waals surface area contributed by atoms with Crippen LogP contribution >= 0.6 is 22.7 Å². The van der Waals surface area contributed by atoms with Gasteiger partial charge in [-0.05, 0) is 37.1 Å². The molecule has 2 saturated heterocycles. The number of rotatable bonds is 6. The first-order valence-electron chi connectivity index (χ1n) is 10.9. The summed E-state index contributed by atoms with van der Waals surface area (Å²) in [4.78, 5) is 22.6. The SMILES string of the molecule is O=C(Cc1ccc(S(=O)(=O)N2CCCC2)s1)N1CCN(Cc2nc3ccccc3s2)CC1. The molecule has 2 aliphatic rings. The zero-order valence-electron chi connectivity index (χ0n) is 17.8. The number of carbonyl (C=O) groups excluding carboxylic acids is 1. The number of benzene rings is 1. The molecule has 7 nitrogen and oxygen atoms in total. The molecule has 0 N–H and O–H groups in total. The van der Waals surface area contributed by atoms with Crippen molar-refractivity contribution in [1.29, 1.82) is 0 Å². The number of nitrogens with zero attached hydrogens (tertiary/aromatic N) is 4. The zero-order chi connectivity index (χ0) is 22.1. The Bertz CT molecular complexity index is 1170. The number of thiophene rings is 1. The smallest absolute Gasteiger partial charge is 0.252 e. The molecule has 0 unspecified atom stereocenters. The summed E-state index contributed by atoms with van der Waals surface area (Å²) in [6, 6.07) is 11.6. The summed E-state index contributed by atoms with van der Waals surface area (Å²) in [7, 11) is -3.41. The van der Waals surface area contributed by atoms with Crippen LogP contribution in [0.1, 0.15) is 22.7 Å². The summed E-state index contributed by atoms with van der Waals surface area (Å²) in [5.74, 6) is 0.0663. The minimum absolute atomic E-state index is 0.0663. The molecule has 0 spiro atoms. The third-order valence-corrected chi connectivity index (χ3v) is 10.5. The van der Waals surface area contributed by atoms with E-state index in [2.05, 4.69) is 11.0 Å². The molecule has 0 saturated carbocycles. The van der Waals surface area contributed by atoms with Crippen molar-refractivity contribution in [2.45, 2.75) is 30.0 Å². The van der Waals surface area contributed by atoms with E-state index in [1.54, 1.807) is 27.8 Å². The summed E-state index contributed by atoms with van der Waals surface area (Å²) in [5, 5.41) is 1.11. The second-order valence-corrected chi connectivity index (χ2v) is 12.7. The normalized spacial score (nSPS) is 18.6. The Morgan fingerprint density at radius 3 is 2.44 bits per heavy atom. The maximum atomic E-state index is 12.8. The highest BCUT2D eigenvalue weighted by Crippen LogP contribution is 2.28. The lowest BCUT2D eigenvalue weighted by Crippen LogP contribution is -2.48. The molecular formula is C22H26N4O3S3. The molecule has 1 aromatic carbocycles. The fourth-order valence-electron chi connectivity index (χ4n) is 4.24. The molecule has 4 heterocycles. The van der Waals surface area contributed by atoms with Gasteiger partial charge in [0.05, 0.1) is 23.2 Å². The average molecular weight is 491 g/mol. The predicted molar refractivity (Wildman–Crippen MR) is 127 cm³/mol. The lowest BCUT2D eigenvalue weighted by atomic mass is 10.2. The van der Waals surface area contributed by atoms with E-state index in [4.69, 9.17) is 4.98 Å². The number of hydrogen-bond donors (Lipinski definition) is 0. The van der Waals surface area contributed by atoms with E-state index in [1.807, 2.05) is 23.1 Å². The van der Waals surface area contributed by atoms with E-state index >= 15 is 0 Å². The summed E-state index contributed by atoms with van der Waals surface area (Å²) in [5.41, 5.74) is 1.04. The molecule has 0 bridgehead atoms. The molecule has 5 rings (SSSR count). The van der Waals surface area contributed by atoms with E-state index in [1.165, 1.54) is 16.0 Å². The van der Waals surface area contributed by atoms with Crippen LogP contribution in [-0.2, 0) is 27.8 Å². The number of aromatic nitrogens is 1. The van der Waals surface area contributed by atoms with Crippen molar-refractivity contribution in [2.24, 2.45) is 0 Å². The number of amides is 1. The Hall–Kier alpha value is -1.85. The van der Waals surface area contributed by atoms with Crippen LogP contribution in [0, 0.1) is 0 Å². The van der Waals surface area contributed by atoms with Gasteiger partial charge in [-0.2, -0.15) is 4.31 Å². The lowest BCUT2D eigenvalue weighted by Gasteiger charge is -2.34. The number of fused-ring (bicyclic) bond motifs is 1. The van der Waals surface area contributed by atoms with Gasteiger partial charge in [0.2, 0.25) is 5.91 Å². The van der Waals surface area contributed by atoms with Crippen molar-refractivity contribution in [3.05, 3.63) is 46.3 Å². The van der Waals surface area contributed by atoms with Crippen LogP contribution in [0.2, 0.25) is 0 Å². The minimum atomic E-state index is -3.41. The molecule has 3 aromatic rings. The van der Waals surface area contributed by atoms with Crippen molar-refractivity contribution in [3.63, 3.8) is 0 Å². The molecule has 2 aliphatic heterocycles. The summed E-state index contributed by atoms with van der Waals surface area (Å²) in [6.45, 7) is 5.01. The van der Waals surface area contributed by atoms with Crippen LogP contribution in [0.3, 0.4) is 0 Å². The van der Waals surface area contributed by atoms with E-state index in [9.17, 15) is 13.2 Å². The number of piperazine rings is 1. The maximum absolute atomic E-state index is 12.8. The summed E-state index contributed by atoms with van der Waals surface area (Å²) in [6.07, 6.45) is 2.10. The van der Waals surface area contributed by atoms with Crippen molar-refractivity contribution in [3.8, 4) is 0 Å². The number of para-hydroxylation sites is 1. The molecule has 10 heteroatoms. The van der Waals surface area contributed by atoms with E-state index in [-0.39, 0.29) is 12.3 Å². The Labute approximate surface area is 196 Å². The molecule has 2 fully saturated rings. The van der Waals surface area contributed by atoms with Gasteiger partial charge in [0.25, 0.3) is 10.0 Å². The second kappa shape index (κ2) is 9.18. The van der Waals surface area contributed by atoms with Gasteiger partial charge >= 0.3 is 0 Å².